The zero-order chi connectivity index (χ0) is 14.0. The molecule has 0 fully saturated rings. The predicted molar refractivity (Wildman–Crippen MR) is 80.7 cm³/mol. The third-order valence-electron chi connectivity index (χ3n) is 2.60. The maximum absolute atomic E-state index is 13.2. The van der Waals surface area contributed by atoms with Gasteiger partial charge in [-0.3, -0.25) is 4.79 Å². The van der Waals surface area contributed by atoms with Gasteiger partial charge in [-0.05, 0) is 42.0 Å². The Morgan fingerprint density at radius 3 is 2.47 bits per heavy atom. The molecule has 0 bridgehead atoms. The average Bonchev–Trinajstić information content (AvgIpc) is 2.26. The second-order valence-electron chi connectivity index (χ2n) is 4.11. The van der Waals surface area contributed by atoms with Crippen LogP contribution >= 0.6 is 31.9 Å². The topological polar surface area (TPSA) is 43.1 Å². The van der Waals surface area contributed by atoms with E-state index >= 15 is 0 Å². The van der Waals surface area contributed by atoms with E-state index in [-0.39, 0.29) is 18.0 Å². The number of anilines is 1. The van der Waals surface area contributed by atoms with E-state index in [2.05, 4.69) is 31.9 Å². The van der Waals surface area contributed by atoms with Crippen molar-refractivity contribution in [2.24, 2.45) is 0 Å². The summed E-state index contributed by atoms with van der Waals surface area (Å²) in [5.74, 6) is -0.511. The molecule has 0 aliphatic heterocycles. The third-order valence-corrected chi connectivity index (χ3v) is 3.55. The molecule has 0 aliphatic carbocycles. The van der Waals surface area contributed by atoms with Crippen LogP contribution in [-0.4, -0.2) is 5.78 Å². The average molecular weight is 387 g/mol. The number of rotatable bonds is 3. The summed E-state index contributed by atoms with van der Waals surface area (Å²) in [6.45, 7) is 0. The number of benzene rings is 2. The van der Waals surface area contributed by atoms with Gasteiger partial charge in [0.15, 0.2) is 5.78 Å². The van der Waals surface area contributed by atoms with Gasteiger partial charge in [-0.15, -0.1) is 0 Å². The fourth-order valence-corrected chi connectivity index (χ4v) is 2.67. The van der Waals surface area contributed by atoms with E-state index in [0.717, 1.165) is 4.47 Å². The van der Waals surface area contributed by atoms with Crippen LogP contribution in [0.15, 0.2) is 45.3 Å². The fraction of sp³-hybridized carbons (Fsp3) is 0.0714. The van der Waals surface area contributed by atoms with Crippen LogP contribution in [0.4, 0.5) is 10.1 Å². The van der Waals surface area contributed by atoms with Crippen LogP contribution in [0.2, 0.25) is 0 Å². The van der Waals surface area contributed by atoms with Crippen LogP contribution in [0.5, 0.6) is 0 Å². The third kappa shape index (κ3) is 3.64. The van der Waals surface area contributed by atoms with E-state index in [0.29, 0.717) is 21.3 Å². The van der Waals surface area contributed by atoms with Crippen molar-refractivity contribution in [3.63, 3.8) is 0 Å². The number of nitrogens with two attached hydrogens (primary N) is 1. The van der Waals surface area contributed by atoms with Gasteiger partial charge in [-0.2, -0.15) is 0 Å². The number of carbonyl (C=O) groups is 1. The van der Waals surface area contributed by atoms with Crippen LogP contribution in [0.3, 0.4) is 0 Å². The van der Waals surface area contributed by atoms with E-state index in [1.807, 2.05) is 0 Å². The fourth-order valence-electron chi connectivity index (χ4n) is 1.78. The summed E-state index contributed by atoms with van der Waals surface area (Å²) in [4.78, 5) is 12.1. The molecule has 2 nitrogen and oxygen atoms in total. The number of nitrogen functional groups attached to an aromatic ring is 1. The quantitative estimate of drug-likeness (QED) is 0.629. The summed E-state index contributed by atoms with van der Waals surface area (Å²) in [7, 11) is 0. The number of hydrogen-bond donors (Lipinski definition) is 1. The lowest BCUT2D eigenvalue weighted by Crippen LogP contribution is -2.07. The first kappa shape index (κ1) is 14.2. The minimum absolute atomic E-state index is 0.113. The molecule has 0 atom stereocenters. The lowest BCUT2D eigenvalue weighted by atomic mass is 10.0. The molecule has 0 saturated heterocycles. The number of Topliss-reactive ketones (excluding diaryl/α,β-unsaturated/α-hetero) is 1. The number of ketones is 1. The van der Waals surface area contributed by atoms with Gasteiger partial charge in [0.2, 0.25) is 0 Å². The van der Waals surface area contributed by atoms with E-state index in [4.69, 9.17) is 5.73 Å². The minimum atomic E-state index is -0.374. The van der Waals surface area contributed by atoms with E-state index in [1.54, 1.807) is 24.3 Å². The Labute approximate surface area is 127 Å². The molecule has 0 heterocycles. The van der Waals surface area contributed by atoms with E-state index in [1.165, 1.54) is 12.1 Å². The maximum Gasteiger partial charge on any atom is 0.169 e. The van der Waals surface area contributed by atoms with Crippen molar-refractivity contribution >= 4 is 43.3 Å². The van der Waals surface area contributed by atoms with Gasteiger partial charge in [0.25, 0.3) is 0 Å². The monoisotopic (exact) mass is 385 g/mol. The summed E-state index contributed by atoms with van der Waals surface area (Å²) in [6.07, 6.45) is 0.113. The molecule has 0 aliphatic rings. The van der Waals surface area contributed by atoms with Crippen molar-refractivity contribution in [1.82, 2.24) is 0 Å². The lowest BCUT2D eigenvalue weighted by molar-refractivity contribution is 0.0994. The highest BCUT2D eigenvalue weighted by molar-refractivity contribution is 9.10. The van der Waals surface area contributed by atoms with Crippen LogP contribution in [-0.2, 0) is 6.42 Å². The van der Waals surface area contributed by atoms with Crippen molar-refractivity contribution in [2.75, 3.05) is 5.73 Å². The molecule has 2 aromatic rings. The molecule has 2 rings (SSSR count). The number of carbonyl (C=O) groups excluding carboxylic acids is 1. The Bertz CT molecular complexity index is 623. The molecule has 0 radical (unpaired) electrons. The Balaban J connectivity index is 2.25. The van der Waals surface area contributed by atoms with Crippen LogP contribution < -0.4 is 5.73 Å². The lowest BCUT2D eigenvalue weighted by Gasteiger charge is -2.06. The molecule has 0 saturated carbocycles. The molecule has 0 aromatic heterocycles. The minimum Gasteiger partial charge on any atom is -0.398 e. The van der Waals surface area contributed by atoms with Crippen LogP contribution in [0, 0.1) is 5.82 Å². The number of halogens is 3. The highest BCUT2D eigenvalue weighted by Gasteiger charge is 2.12. The molecule has 5 heteroatoms. The standard InChI is InChI=1S/C14H10Br2FNO/c15-9-1-2-12(13(18)7-9)14(19)5-8-3-10(16)6-11(17)4-8/h1-4,6-7H,5,18H2. The summed E-state index contributed by atoms with van der Waals surface area (Å²) in [6, 6.07) is 9.51. The van der Waals surface area contributed by atoms with Crippen molar-refractivity contribution in [3.8, 4) is 0 Å². The van der Waals surface area contributed by atoms with Gasteiger partial charge in [0.05, 0.1) is 0 Å². The van der Waals surface area contributed by atoms with Gasteiger partial charge in [0, 0.05) is 26.6 Å². The smallest absolute Gasteiger partial charge is 0.169 e. The van der Waals surface area contributed by atoms with Crippen molar-refractivity contribution < 1.29 is 9.18 Å². The predicted octanol–water partition coefficient (Wildman–Crippen LogP) is 4.36. The normalized spacial score (nSPS) is 10.5. The first-order chi connectivity index (χ1) is 8.95. The molecular formula is C14H10Br2FNO. The van der Waals surface area contributed by atoms with E-state index in [9.17, 15) is 9.18 Å². The van der Waals surface area contributed by atoms with Gasteiger partial charge < -0.3 is 5.73 Å². The van der Waals surface area contributed by atoms with Gasteiger partial charge in [-0.1, -0.05) is 31.9 Å². The first-order valence-electron chi connectivity index (χ1n) is 5.49. The molecule has 2 N–H and O–H groups in total. The zero-order valence-electron chi connectivity index (χ0n) is 9.79. The molecule has 2 aromatic carbocycles. The van der Waals surface area contributed by atoms with E-state index < -0.39 is 0 Å². The van der Waals surface area contributed by atoms with Crippen LogP contribution in [0.25, 0.3) is 0 Å². The zero-order valence-corrected chi connectivity index (χ0v) is 13.0. The molecule has 0 amide bonds. The Hall–Kier alpha value is -1.20. The summed E-state index contributed by atoms with van der Waals surface area (Å²) in [5.41, 5.74) is 7.27. The van der Waals surface area contributed by atoms with Gasteiger partial charge in [0.1, 0.15) is 5.82 Å². The van der Waals surface area contributed by atoms with Crippen molar-refractivity contribution in [1.29, 1.82) is 0 Å². The molecule has 0 unspecified atom stereocenters. The summed E-state index contributed by atoms with van der Waals surface area (Å²) >= 11 is 6.49. The summed E-state index contributed by atoms with van der Waals surface area (Å²) in [5, 5.41) is 0. The van der Waals surface area contributed by atoms with Crippen molar-refractivity contribution in [2.45, 2.75) is 6.42 Å². The summed E-state index contributed by atoms with van der Waals surface area (Å²) < 4.78 is 14.7. The van der Waals surface area contributed by atoms with Crippen molar-refractivity contribution in [3.05, 3.63) is 62.3 Å². The SMILES string of the molecule is Nc1cc(Br)ccc1C(=O)Cc1cc(F)cc(Br)c1. The van der Waals surface area contributed by atoms with Crippen LogP contribution in [0.1, 0.15) is 15.9 Å². The molecular weight excluding hydrogens is 377 g/mol. The maximum atomic E-state index is 13.2. The molecule has 98 valence electrons. The Morgan fingerprint density at radius 1 is 1.11 bits per heavy atom. The number of hydrogen-bond acceptors (Lipinski definition) is 2. The second-order valence-corrected chi connectivity index (χ2v) is 5.94. The van der Waals surface area contributed by atoms with Gasteiger partial charge in [-0.25, -0.2) is 4.39 Å². The molecule has 0 spiro atoms. The first-order valence-corrected chi connectivity index (χ1v) is 7.07. The second kappa shape index (κ2) is 5.84. The van der Waals surface area contributed by atoms with Gasteiger partial charge >= 0.3 is 0 Å². The molecule has 19 heavy (non-hydrogen) atoms. The Morgan fingerprint density at radius 2 is 1.84 bits per heavy atom. The highest BCUT2D eigenvalue weighted by atomic mass is 79.9. The largest absolute Gasteiger partial charge is 0.398 e. The Kier molecular flexibility index (Phi) is 4.37. The highest BCUT2D eigenvalue weighted by Crippen LogP contribution is 2.21.